The van der Waals surface area contributed by atoms with Crippen LogP contribution in [0, 0.1) is 0 Å². The molecule has 2 aromatic carbocycles. The van der Waals surface area contributed by atoms with E-state index in [1.165, 1.54) is 6.07 Å². The van der Waals surface area contributed by atoms with Crippen LogP contribution in [0.15, 0.2) is 76.5 Å². The fourth-order valence-corrected chi connectivity index (χ4v) is 2.93. The quantitative estimate of drug-likeness (QED) is 0.505. The zero-order chi connectivity index (χ0) is 18.8. The molecule has 0 amide bonds. The van der Waals surface area contributed by atoms with E-state index in [2.05, 4.69) is 4.98 Å². The molecule has 27 heavy (non-hydrogen) atoms. The molecular weight excluding hydrogens is 342 g/mol. The summed E-state index contributed by atoms with van der Waals surface area (Å²) in [5, 5.41) is 0.874. The van der Waals surface area contributed by atoms with Crippen molar-refractivity contribution in [3.63, 3.8) is 0 Å². The molecule has 0 saturated carbocycles. The van der Waals surface area contributed by atoms with Crippen LogP contribution in [-0.2, 0) is 6.54 Å². The van der Waals surface area contributed by atoms with Gasteiger partial charge in [0.25, 0.3) is 0 Å². The van der Waals surface area contributed by atoms with Crippen LogP contribution in [0.2, 0.25) is 0 Å². The van der Waals surface area contributed by atoms with Crippen LogP contribution >= 0.6 is 0 Å². The summed E-state index contributed by atoms with van der Waals surface area (Å²) in [6.07, 6.45) is 5.28. The molecule has 2 aromatic heterocycles. The topological polar surface area (TPSA) is 60.5 Å². The molecule has 0 N–H and O–H groups in total. The summed E-state index contributed by atoms with van der Waals surface area (Å²) >= 11 is 0. The number of rotatable bonds is 5. The second kappa shape index (κ2) is 6.99. The zero-order valence-electron chi connectivity index (χ0n) is 15.1. The number of benzene rings is 2. The summed E-state index contributed by atoms with van der Waals surface area (Å²) in [5.41, 5.74) is 2.09. The number of hydrogen-bond donors (Lipinski definition) is 0. The lowest BCUT2D eigenvalue weighted by Gasteiger charge is -2.13. The van der Waals surface area contributed by atoms with E-state index >= 15 is 0 Å². The van der Waals surface area contributed by atoms with Gasteiger partial charge in [0, 0.05) is 56.2 Å². The summed E-state index contributed by atoms with van der Waals surface area (Å²) < 4.78 is 13.2. The first-order valence-electron chi connectivity index (χ1n) is 8.56. The SMILES string of the molecule is CN(C)c1ccc(Oc2ccc3c(Cn4ccnc4)cc(=O)oc3c2)cc1. The third-order valence-corrected chi connectivity index (χ3v) is 4.30. The van der Waals surface area contributed by atoms with E-state index in [9.17, 15) is 4.79 Å². The number of nitrogens with zero attached hydrogens (tertiary/aromatic N) is 3. The van der Waals surface area contributed by atoms with Gasteiger partial charge in [0.15, 0.2) is 0 Å². The number of hydrogen-bond acceptors (Lipinski definition) is 5. The fraction of sp³-hybridized carbons (Fsp3) is 0.143. The molecule has 2 heterocycles. The summed E-state index contributed by atoms with van der Waals surface area (Å²) in [6.45, 7) is 0.550. The van der Waals surface area contributed by atoms with E-state index in [0.29, 0.717) is 17.9 Å². The van der Waals surface area contributed by atoms with Crippen molar-refractivity contribution >= 4 is 16.7 Å². The lowest BCUT2D eigenvalue weighted by atomic mass is 10.1. The van der Waals surface area contributed by atoms with Gasteiger partial charge >= 0.3 is 5.63 Å². The highest BCUT2D eigenvalue weighted by Crippen LogP contribution is 2.28. The average molecular weight is 361 g/mol. The first-order chi connectivity index (χ1) is 13.1. The predicted molar refractivity (Wildman–Crippen MR) is 105 cm³/mol. The maximum Gasteiger partial charge on any atom is 0.336 e. The molecule has 6 heteroatoms. The summed E-state index contributed by atoms with van der Waals surface area (Å²) in [7, 11) is 3.98. The molecule has 0 unspecified atom stereocenters. The van der Waals surface area contributed by atoms with Crippen LogP contribution < -0.4 is 15.3 Å². The molecule has 0 atom stereocenters. The average Bonchev–Trinajstić information content (AvgIpc) is 3.15. The number of anilines is 1. The van der Waals surface area contributed by atoms with Crippen molar-refractivity contribution in [2.45, 2.75) is 6.54 Å². The normalized spacial score (nSPS) is 10.9. The molecule has 0 aliphatic rings. The lowest BCUT2D eigenvalue weighted by molar-refractivity contribution is 0.480. The Bertz CT molecular complexity index is 1110. The van der Waals surface area contributed by atoms with E-state index in [1.54, 1.807) is 18.6 Å². The minimum absolute atomic E-state index is 0.384. The van der Waals surface area contributed by atoms with Crippen LogP contribution in [0.3, 0.4) is 0 Å². The van der Waals surface area contributed by atoms with Gasteiger partial charge in [0.1, 0.15) is 17.1 Å². The van der Waals surface area contributed by atoms with Gasteiger partial charge in [-0.25, -0.2) is 9.78 Å². The lowest BCUT2D eigenvalue weighted by Crippen LogP contribution is -2.07. The van der Waals surface area contributed by atoms with Crippen molar-refractivity contribution in [3.05, 3.63) is 83.2 Å². The Hall–Kier alpha value is -3.54. The third-order valence-electron chi connectivity index (χ3n) is 4.30. The summed E-state index contributed by atoms with van der Waals surface area (Å²) in [6, 6.07) is 14.8. The molecule has 0 aliphatic heterocycles. The van der Waals surface area contributed by atoms with Gasteiger partial charge in [0.2, 0.25) is 0 Å². The second-order valence-electron chi connectivity index (χ2n) is 6.47. The molecule has 0 bridgehead atoms. The van der Waals surface area contributed by atoms with E-state index in [1.807, 2.05) is 66.2 Å². The summed E-state index contributed by atoms with van der Waals surface area (Å²) in [4.78, 5) is 18.0. The van der Waals surface area contributed by atoms with E-state index in [-0.39, 0.29) is 5.63 Å². The van der Waals surface area contributed by atoms with Gasteiger partial charge < -0.3 is 18.6 Å². The van der Waals surface area contributed by atoms with Gasteiger partial charge in [-0.15, -0.1) is 0 Å². The maximum atomic E-state index is 12.0. The largest absolute Gasteiger partial charge is 0.457 e. The van der Waals surface area contributed by atoms with Crippen molar-refractivity contribution in [1.82, 2.24) is 9.55 Å². The smallest absolute Gasteiger partial charge is 0.336 e. The molecule has 0 aliphatic carbocycles. The highest BCUT2D eigenvalue weighted by molar-refractivity contribution is 5.81. The van der Waals surface area contributed by atoms with Crippen LogP contribution in [0.25, 0.3) is 11.0 Å². The number of fused-ring (bicyclic) bond motifs is 1. The minimum atomic E-state index is -0.384. The molecule has 0 radical (unpaired) electrons. The fourth-order valence-electron chi connectivity index (χ4n) is 2.93. The molecule has 4 rings (SSSR count). The first-order valence-corrected chi connectivity index (χ1v) is 8.56. The number of aromatic nitrogens is 2. The second-order valence-corrected chi connectivity index (χ2v) is 6.47. The van der Waals surface area contributed by atoms with Crippen LogP contribution in [-0.4, -0.2) is 23.6 Å². The Morgan fingerprint density at radius 2 is 1.85 bits per heavy atom. The maximum absolute atomic E-state index is 12.0. The van der Waals surface area contributed by atoms with Crippen molar-refractivity contribution in [2.75, 3.05) is 19.0 Å². The van der Waals surface area contributed by atoms with E-state index < -0.39 is 0 Å². The Morgan fingerprint density at radius 3 is 2.56 bits per heavy atom. The third kappa shape index (κ3) is 3.69. The monoisotopic (exact) mass is 361 g/mol. The van der Waals surface area contributed by atoms with Gasteiger partial charge in [-0.3, -0.25) is 0 Å². The highest BCUT2D eigenvalue weighted by Gasteiger charge is 2.09. The van der Waals surface area contributed by atoms with E-state index in [4.69, 9.17) is 9.15 Å². The van der Waals surface area contributed by atoms with Gasteiger partial charge in [-0.1, -0.05) is 0 Å². The predicted octanol–water partition coefficient (Wildman–Crippen LogP) is 3.90. The van der Waals surface area contributed by atoms with Crippen molar-refractivity contribution in [2.24, 2.45) is 0 Å². The zero-order valence-corrected chi connectivity index (χ0v) is 15.1. The van der Waals surface area contributed by atoms with Crippen LogP contribution in [0.4, 0.5) is 5.69 Å². The number of imidazole rings is 1. The Labute approximate surface area is 156 Å². The number of ether oxygens (including phenoxy) is 1. The van der Waals surface area contributed by atoms with Crippen LogP contribution in [0.5, 0.6) is 11.5 Å². The Balaban J connectivity index is 1.64. The van der Waals surface area contributed by atoms with Crippen LogP contribution in [0.1, 0.15) is 5.56 Å². The highest BCUT2D eigenvalue weighted by atomic mass is 16.5. The first kappa shape index (κ1) is 16.9. The Morgan fingerprint density at radius 1 is 1.07 bits per heavy atom. The standard InChI is InChI=1S/C21H19N3O3/c1-23(2)16-3-5-17(6-4-16)26-18-7-8-19-15(13-24-10-9-22-14-24)11-21(25)27-20(19)12-18/h3-12,14H,13H2,1-2H3. The minimum Gasteiger partial charge on any atom is -0.457 e. The van der Waals surface area contributed by atoms with E-state index in [0.717, 1.165) is 22.4 Å². The molecule has 136 valence electrons. The molecule has 4 aromatic rings. The molecule has 0 fully saturated rings. The molecule has 6 nitrogen and oxygen atoms in total. The van der Waals surface area contributed by atoms with Crippen molar-refractivity contribution in [3.8, 4) is 11.5 Å². The summed E-state index contributed by atoms with van der Waals surface area (Å²) in [5.74, 6) is 1.33. The molecular formula is C21H19N3O3. The molecule has 0 saturated heterocycles. The molecule has 0 spiro atoms. The van der Waals surface area contributed by atoms with Gasteiger partial charge in [-0.2, -0.15) is 0 Å². The Kier molecular flexibility index (Phi) is 4.38. The van der Waals surface area contributed by atoms with Crippen molar-refractivity contribution < 1.29 is 9.15 Å². The van der Waals surface area contributed by atoms with Gasteiger partial charge in [0.05, 0.1) is 6.33 Å². The van der Waals surface area contributed by atoms with Crippen molar-refractivity contribution in [1.29, 1.82) is 0 Å². The van der Waals surface area contributed by atoms with Gasteiger partial charge in [-0.05, 0) is 42.0 Å².